The molecular weight excluding hydrogens is 345 g/mol. The van der Waals surface area contributed by atoms with Crippen LogP contribution < -0.4 is 9.47 Å². The van der Waals surface area contributed by atoms with Crippen LogP contribution in [0.3, 0.4) is 0 Å². The summed E-state index contributed by atoms with van der Waals surface area (Å²) in [6, 6.07) is 10.9. The molecule has 5 nitrogen and oxygen atoms in total. The average Bonchev–Trinajstić information content (AvgIpc) is 2.60. The Morgan fingerprint density at radius 3 is 2.48 bits per heavy atom. The number of hydrogen-bond acceptors (Lipinski definition) is 5. The molecule has 0 aliphatic carbocycles. The second-order valence-electron chi connectivity index (χ2n) is 4.89. The average molecular weight is 361 g/mol. The zero-order valence-electron chi connectivity index (χ0n) is 13.7. The number of ether oxygens (including phenoxy) is 2. The fraction of sp³-hybridized carbons (Fsp3) is 0.167. The predicted molar refractivity (Wildman–Crippen MR) is 91.3 cm³/mol. The molecule has 0 spiro atoms. The maximum atomic E-state index is 13.0. The number of methoxy groups -OCH3 is 1. The lowest BCUT2D eigenvalue weighted by Gasteiger charge is -2.12. The van der Waals surface area contributed by atoms with Gasteiger partial charge >= 0.3 is 0 Å². The SMILES string of the molecule is CCOc1cccc(/C=C(\C#N)S(=O)(=O)c2ccc(F)cc2)c1OC. The van der Waals surface area contributed by atoms with Crippen LogP contribution >= 0.6 is 0 Å². The molecule has 0 amide bonds. The van der Waals surface area contributed by atoms with Gasteiger partial charge in [-0.1, -0.05) is 12.1 Å². The Bertz CT molecular complexity index is 929. The predicted octanol–water partition coefficient (Wildman–Crippen LogP) is 3.57. The first-order chi connectivity index (χ1) is 11.9. The summed E-state index contributed by atoms with van der Waals surface area (Å²) in [6.45, 7) is 2.21. The number of nitriles is 1. The lowest BCUT2D eigenvalue weighted by molar-refractivity contribution is 0.310. The van der Waals surface area contributed by atoms with Gasteiger partial charge < -0.3 is 9.47 Å². The van der Waals surface area contributed by atoms with E-state index in [1.54, 1.807) is 24.3 Å². The maximum absolute atomic E-state index is 13.0. The van der Waals surface area contributed by atoms with Gasteiger partial charge in [0.1, 0.15) is 16.8 Å². The van der Waals surface area contributed by atoms with Crippen molar-refractivity contribution in [1.82, 2.24) is 0 Å². The molecule has 0 aliphatic heterocycles. The molecule has 130 valence electrons. The lowest BCUT2D eigenvalue weighted by Crippen LogP contribution is -2.04. The number of hydrogen-bond donors (Lipinski definition) is 0. The van der Waals surface area contributed by atoms with Gasteiger partial charge in [0.15, 0.2) is 11.5 Å². The van der Waals surface area contributed by atoms with Crippen LogP contribution in [0.1, 0.15) is 12.5 Å². The molecule has 0 bridgehead atoms. The van der Waals surface area contributed by atoms with E-state index in [9.17, 15) is 18.1 Å². The first-order valence-electron chi connectivity index (χ1n) is 7.36. The van der Waals surface area contributed by atoms with E-state index in [1.165, 1.54) is 13.2 Å². The molecule has 0 aliphatic rings. The summed E-state index contributed by atoms with van der Waals surface area (Å²) in [5, 5.41) is 9.33. The number of allylic oxidation sites excluding steroid dienone is 1. The van der Waals surface area contributed by atoms with Gasteiger partial charge in [0.2, 0.25) is 9.84 Å². The van der Waals surface area contributed by atoms with E-state index in [1.807, 2.05) is 6.92 Å². The second kappa shape index (κ2) is 7.81. The van der Waals surface area contributed by atoms with Crippen LogP contribution in [-0.4, -0.2) is 22.1 Å². The van der Waals surface area contributed by atoms with E-state index in [-0.39, 0.29) is 4.90 Å². The fourth-order valence-corrected chi connectivity index (χ4v) is 3.34. The first kappa shape index (κ1) is 18.5. The summed E-state index contributed by atoms with van der Waals surface area (Å²) in [4.78, 5) is -0.646. The highest BCUT2D eigenvalue weighted by Gasteiger charge is 2.22. The zero-order valence-corrected chi connectivity index (χ0v) is 14.5. The summed E-state index contributed by atoms with van der Waals surface area (Å²) in [7, 11) is -2.65. The third-order valence-corrected chi connectivity index (χ3v) is 5.00. The van der Waals surface area contributed by atoms with Crippen LogP contribution in [-0.2, 0) is 9.84 Å². The quantitative estimate of drug-likeness (QED) is 0.581. The van der Waals surface area contributed by atoms with Gasteiger partial charge in [-0.2, -0.15) is 5.26 Å². The standard InChI is InChI=1S/C18H16FNO4S/c1-3-24-17-6-4-5-13(18(17)23-2)11-16(12-20)25(21,22)15-9-7-14(19)8-10-15/h4-11H,3H2,1-2H3/b16-11+. The highest BCUT2D eigenvalue weighted by molar-refractivity contribution is 7.95. The van der Waals surface area contributed by atoms with Gasteiger partial charge in [0, 0.05) is 5.56 Å². The van der Waals surface area contributed by atoms with Gasteiger partial charge in [-0.05, 0) is 43.3 Å². The van der Waals surface area contributed by atoms with E-state index in [2.05, 4.69) is 0 Å². The van der Waals surface area contributed by atoms with Crippen molar-refractivity contribution in [3.63, 3.8) is 0 Å². The van der Waals surface area contributed by atoms with Crippen LogP contribution in [0.25, 0.3) is 6.08 Å². The summed E-state index contributed by atoms with van der Waals surface area (Å²) >= 11 is 0. The molecule has 0 heterocycles. The third kappa shape index (κ3) is 3.98. The van der Waals surface area contributed by atoms with Crippen molar-refractivity contribution in [2.75, 3.05) is 13.7 Å². The number of nitrogens with zero attached hydrogens (tertiary/aromatic N) is 1. The molecule has 2 aromatic carbocycles. The van der Waals surface area contributed by atoms with E-state index in [0.717, 1.165) is 24.3 Å². The second-order valence-corrected chi connectivity index (χ2v) is 6.81. The fourth-order valence-electron chi connectivity index (χ4n) is 2.19. The highest BCUT2D eigenvalue weighted by atomic mass is 32.2. The van der Waals surface area contributed by atoms with E-state index < -0.39 is 20.6 Å². The normalized spacial score (nSPS) is 11.7. The summed E-state index contributed by atoms with van der Waals surface area (Å²) in [6.07, 6.45) is 1.21. The van der Waals surface area contributed by atoms with Crippen molar-refractivity contribution in [3.05, 3.63) is 58.8 Å². The minimum Gasteiger partial charge on any atom is -0.492 e. The summed E-state index contributed by atoms with van der Waals surface area (Å²) in [5.74, 6) is 0.203. The van der Waals surface area contributed by atoms with Gasteiger partial charge in [0.25, 0.3) is 0 Å². The number of rotatable bonds is 6. The summed E-state index contributed by atoms with van der Waals surface area (Å²) < 4.78 is 48.9. The Morgan fingerprint density at radius 2 is 1.92 bits per heavy atom. The van der Waals surface area contributed by atoms with Gasteiger partial charge in [-0.15, -0.1) is 0 Å². The molecule has 0 saturated carbocycles. The summed E-state index contributed by atoms with van der Waals surface area (Å²) in [5.41, 5.74) is 0.385. The van der Waals surface area contributed by atoms with Crippen LogP contribution in [0, 0.1) is 17.1 Å². The monoisotopic (exact) mass is 361 g/mol. The van der Waals surface area contributed by atoms with Gasteiger partial charge in [-0.25, -0.2) is 12.8 Å². The zero-order chi connectivity index (χ0) is 18.4. The molecule has 0 atom stereocenters. The topological polar surface area (TPSA) is 76.4 Å². The molecule has 2 aromatic rings. The van der Waals surface area contributed by atoms with Crippen molar-refractivity contribution >= 4 is 15.9 Å². The molecule has 0 unspecified atom stereocenters. The highest BCUT2D eigenvalue weighted by Crippen LogP contribution is 2.33. The Hall–Kier alpha value is -2.85. The third-order valence-electron chi connectivity index (χ3n) is 3.32. The molecule has 2 rings (SSSR count). The van der Waals surface area contributed by atoms with Gasteiger partial charge in [-0.3, -0.25) is 0 Å². The molecule has 25 heavy (non-hydrogen) atoms. The molecule has 7 heteroatoms. The van der Waals surface area contributed by atoms with Crippen molar-refractivity contribution in [2.24, 2.45) is 0 Å². The number of sulfone groups is 1. The molecule has 0 aromatic heterocycles. The number of halogens is 1. The van der Waals surface area contributed by atoms with Crippen molar-refractivity contribution < 1.29 is 22.3 Å². The van der Waals surface area contributed by atoms with E-state index in [4.69, 9.17) is 9.47 Å². The van der Waals surface area contributed by atoms with Crippen LogP contribution in [0.4, 0.5) is 4.39 Å². The van der Waals surface area contributed by atoms with Crippen LogP contribution in [0.5, 0.6) is 11.5 Å². The maximum Gasteiger partial charge on any atom is 0.216 e. The molecule has 0 N–H and O–H groups in total. The van der Waals surface area contributed by atoms with Crippen molar-refractivity contribution in [3.8, 4) is 17.6 Å². The Balaban J connectivity index is 2.56. The number of para-hydroxylation sites is 1. The smallest absolute Gasteiger partial charge is 0.216 e. The molecule has 0 fully saturated rings. The van der Waals surface area contributed by atoms with Crippen molar-refractivity contribution in [2.45, 2.75) is 11.8 Å². The lowest BCUT2D eigenvalue weighted by atomic mass is 10.1. The Morgan fingerprint density at radius 1 is 1.24 bits per heavy atom. The van der Waals surface area contributed by atoms with Gasteiger partial charge in [0.05, 0.1) is 18.6 Å². The molecule has 0 radical (unpaired) electrons. The molecular formula is C18H16FNO4S. The van der Waals surface area contributed by atoms with Crippen molar-refractivity contribution in [1.29, 1.82) is 5.26 Å². The van der Waals surface area contributed by atoms with Crippen LogP contribution in [0.15, 0.2) is 52.3 Å². The minimum absolute atomic E-state index is 0.165. The first-order valence-corrected chi connectivity index (χ1v) is 8.84. The molecule has 0 saturated heterocycles. The largest absolute Gasteiger partial charge is 0.492 e. The minimum atomic E-state index is -4.08. The van der Waals surface area contributed by atoms with Crippen LogP contribution in [0.2, 0.25) is 0 Å². The Kier molecular flexibility index (Phi) is 5.78. The van der Waals surface area contributed by atoms with E-state index in [0.29, 0.717) is 23.7 Å². The van der Waals surface area contributed by atoms with E-state index >= 15 is 0 Å². The number of benzene rings is 2. The Labute approximate surface area is 145 Å².